The van der Waals surface area contributed by atoms with Crippen molar-refractivity contribution in [2.24, 2.45) is 11.3 Å². The van der Waals surface area contributed by atoms with Crippen molar-refractivity contribution in [3.8, 4) is 0 Å². The highest BCUT2D eigenvalue weighted by Gasteiger charge is 2.66. The number of fused-ring (bicyclic) bond motifs is 2. The molecule has 1 amide bonds. The summed E-state index contributed by atoms with van der Waals surface area (Å²) in [5.74, 6) is -2.77. The van der Waals surface area contributed by atoms with Crippen molar-refractivity contribution in [2.45, 2.75) is 46.3 Å². The maximum atomic E-state index is 13.1. The van der Waals surface area contributed by atoms with Crippen molar-refractivity contribution in [2.75, 3.05) is 0 Å². The van der Waals surface area contributed by atoms with Crippen LogP contribution in [-0.4, -0.2) is 59.2 Å². The maximum absolute atomic E-state index is 13.1. The number of nitrogens with zero attached hydrogens (tertiary/aromatic N) is 4. The van der Waals surface area contributed by atoms with Gasteiger partial charge >= 0.3 is 5.97 Å². The molecular formula is C25H24N4O7S. The number of aliphatic hydroxyl groups is 1. The Morgan fingerprint density at radius 1 is 1.30 bits per heavy atom. The summed E-state index contributed by atoms with van der Waals surface area (Å²) in [5, 5.41) is 31.9. The van der Waals surface area contributed by atoms with Gasteiger partial charge in [-0.05, 0) is 25.8 Å². The number of aliphatic hydroxyl groups excluding tert-OH is 1. The van der Waals surface area contributed by atoms with Crippen LogP contribution in [0.1, 0.15) is 47.4 Å². The van der Waals surface area contributed by atoms with E-state index in [1.807, 2.05) is 6.92 Å². The SMILES string of the molecule is CC(=O)c1ncn2c(C)c(C3=C(C(=O)O)N4C(=O)[C@H]([C@@H](C)O)[C@@H]4[C@@]3(C)Cc3ccc([N+](=O)[O-])cc3)sc12. The number of aliphatic carboxylic acids is 1. The van der Waals surface area contributed by atoms with Crippen LogP contribution in [-0.2, 0) is 16.0 Å². The minimum absolute atomic E-state index is 0.0712. The predicted octanol–water partition coefficient (Wildman–Crippen LogP) is 3.08. The van der Waals surface area contributed by atoms with Gasteiger partial charge in [-0.15, -0.1) is 11.3 Å². The number of non-ortho nitro benzene ring substituents is 1. The molecule has 1 saturated heterocycles. The number of amides is 1. The van der Waals surface area contributed by atoms with Crippen LogP contribution in [0.4, 0.5) is 5.69 Å². The fourth-order valence-corrected chi connectivity index (χ4v) is 7.25. The second-order valence-electron chi connectivity index (χ2n) is 9.81. The molecule has 1 fully saturated rings. The van der Waals surface area contributed by atoms with Crippen molar-refractivity contribution in [1.82, 2.24) is 14.3 Å². The first-order valence-electron chi connectivity index (χ1n) is 11.6. The van der Waals surface area contributed by atoms with Crippen LogP contribution < -0.4 is 0 Å². The minimum Gasteiger partial charge on any atom is -0.477 e. The number of β-lactam (4-membered cyclic amide) rings is 1. The Bertz CT molecular complexity index is 1530. The Morgan fingerprint density at radius 2 is 1.95 bits per heavy atom. The van der Waals surface area contributed by atoms with E-state index in [9.17, 15) is 34.7 Å². The monoisotopic (exact) mass is 524 g/mol. The minimum atomic E-state index is -1.27. The third-order valence-corrected chi connectivity index (χ3v) is 8.74. The van der Waals surface area contributed by atoms with Crippen LogP contribution in [0.25, 0.3) is 10.4 Å². The normalized spacial score (nSPS) is 23.8. The summed E-state index contributed by atoms with van der Waals surface area (Å²) in [6, 6.07) is 5.37. The predicted molar refractivity (Wildman–Crippen MR) is 133 cm³/mol. The molecule has 0 spiro atoms. The molecule has 2 aromatic heterocycles. The lowest BCUT2D eigenvalue weighted by Crippen LogP contribution is -2.66. The highest BCUT2D eigenvalue weighted by atomic mass is 32.1. The highest BCUT2D eigenvalue weighted by Crippen LogP contribution is 2.60. The molecule has 3 aromatic rings. The Morgan fingerprint density at radius 3 is 2.49 bits per heavy atom. The Hall–Kier alpha value is -3.90. The molecule has 12 heteroatoms. The topological polar surface area (TPSA) is 155 Å². The van der Waals surface area contributed by atoms with E-state index < -0.39 is 40.3 Å². The standard InChI is InChI=1S/C25H24N4O7S/c1-11-20(37-23-18(13(3)31)26-10-27(11)23)17-19(24(33)34)28-21(16(12(2)30)22(28)32)25(17,4)9-14-5-7-15(8-6-14)29(35)36/h5-8,10,12,16,21,30H,9H2,1-4H3,(H,33,34)/t12-,16-,21-,25+/m1/s1. The molecule has 2 aliphatic heterocycles. The van der Waals surface area contributed by atoms with Gasteiger partial charge in [-0.3, -0.25) is 24.1 Å². The number of hydrogen-bond donors (Lipinski definition) is 2. The first-order chi connectivity index (χ1) is 17.4. The van der Waals surface area contributed by atoms with Gasteiger partial charge in [0.15, 0.2) is 5.78 Å². The number of Topliss-reactive ketones (excluding diaryl/α,β-unsaturated/α-hetero) is 1. The zero-order chi connectivity index (χ0) is 27.0. The number of thiazole rings is 1. The lowest BCUT2D eigenvalue weighted by Gasteiger charge is -2.51. The van der Waals surface area contributed by atoms with Crippen LogP contribution in [0.3, 0.4) is 0 Å². The molecule has 0 bridgehead atoms. The third-order valence-electron chi connectivity index (χ3n) is 7.46. The number of nitro groups is 1. The number of carbonyl (C=O) groups excluding carboxylic acids is 2. The van der Waals surface area contributed by atoms with Crippen LogP contribution >= 0.6 is 11.3 Å². The van der Waals surface area contributed by atoms with E-state index in [0.29, 0.717) is 26.5 Å². The molecule has 11 nitrogen and oxygen atoms in total. The second-order valence-corrected chi connectivity index (χ2v) is 10.8. The molecule has 0 radical (unpaired) electrons. The number of ketones is 1. The first-order valence-corrected chi connectivity index (χ1v) is 12.4. The van der Waals surface area contributed by atoms with E-state index in [1.165, 1.54) is 48.5 Å². The van der Waals surface area contributed by atoms with Crippen molar-refractivity contribution in [1.29, 1.82) is 0 Å². The van der Waals surface area contributed by atoms with Crippen LogP contribution in [0.2, 0.25) is 0 Å². The molecule has 0 unspecified atom stereocenters. The number of carbonyl (C=O) groups is 3. The molecule has 4 atom stereocenters. The van der Waals surface area contributed by atoms with Crippen molar-refractivity contribution in [3.63, 3.8) is 0 Å². The first kappa shape index (κ1) is 24.8. The Labute approximate surface area is 214 Å². The summed E-state index contributed by atoms with van der Waals surface area (Å²) in [5.41, 5.74) is 0.907. The molecule has 2 aliphatic rings. The number of benzene rings is 1. The van der Waals surface area contributed by atoms with Gasteiger partial charge in [-0.1, -0.05) is 19.1 Å². The number of hydrogen-bond acceptors (Lipinski definition) is 8. The van der Waals surface area contributed by atoms with E-state index in [4.69, 9.17) is 0 Å². The van der Waals surface area contributed by atoms with Gasteiger partial charge in [0.05, 0.1) is 27.9 Å². The van der Waals surface area contributed by atoms with Crippen LogP contribution in [0.15, 0.2) is 36.3 Å². The van der Waals surface area contributed by atoms with E-state index in [0.717, 1.165) is 0 Å². The van der Waals surface area contributed by atoms with Gasteiger partial charge < -0.3 is 15.1 Å². The van der Waals surface area contributed by atoms with Gasteiger partial charge in [0.25, 0.3) is 5.69 Å². The van der Waals surface area contributed by atoms with Gasteiger partial charge in [0.1, 0.15) is 22.5 Å². The number of carboxylic acid groups (broad SMARTS) is 1. The summed E-state index contributed by atoms with van der Waals surface area (Å²) in [6.07, 6.45) is 0.774. The second kappa shape index (κ2) is 8.32. The fraction of sp³-hybridized carbons (Fsp3) is 0.360. The largest absolute Gasteiger partial charge is 0.477 e. The van der Waals surface area contributed by atoms with Crippen molar-refractivity contribution >= 4 is 45.1 Å². The summed E-state index contributed by atoms with van der Waals surface area (Å²) >= 11 is 1.23. The van der Waals surface area contributed by atoms with Gasteiger partial charge in [-0.25, -0.2) is 9.78 Å². The van der Waals surface area contributed by atoms with E-state index in [2.05, 4.69) is 4.98 Å². The van der Waals surface area contributed by atoms with Crippen LogP contribution in [0.5, 0.6) is 0 Å². The number of aryl methyl sites for hydroxylation is 1. The van der Waals surface area contributed by atoms with Gasteiger partial charge in [-0.2, -0.15) is 0 Å². The Kier molecular flexibility index (Phi) is 5.57. The number of nitro benzene ring substituents is 1. The maximum Gasteiger partial charge on any atom is 0.352 e. The van der Waals surface area contributed by atoms with Gasteiger partial charge in [0.2, 0.25) is 5.91 Å². The molecule has 5 rings (SSSR count). The number of imidazole rings is 1. The molecule has 1 aromatic carbocycles. The smallest absolute Gasteiger partial charge is 0.352 e. The number of rotatable bonds is 7. The lowest BCUT2D eigenvalue weighted by atomic mass is 9.64. The van der Waals surface area contributed by atoms with Crippen LogP contribution in [0, 0.1) is 28.4 Å². The molecule has 0 saturated carbocycles. The molecular weight excluding hydrogens is 500 g/mol. The molecule has 4 heterocycles. The molecule has 37 heavy (non-hydrogen) atoms. The summed E-state index contributed by atoms with van der Waals surface area (Å²) in [6.45, 7) is 6.58. The quantitative estimate of drug-likeness (QED) is 0.207. The molecule has 2 N–H and O–H groups in total. The third kappa shape index (κ3) is 3.43. The van der Waals surface area contributed by atoms with Crippen molar-refractivity contribution < 1.29 is 29.5 Å². The average molecular weight is 525 g/mol. The number of aromatic nitrogens is 2. The fourth-order valence-electron chi connectivity index (χ4n) is 5.81. The van der Waals surface area contributed by atoms with E-state index >= 15 is 0 Å². The van der Waals surface area contributed by atoms with Crippen molar-refractivity contribution in [3.05, 3.63) is 68.2 Å². The highest BCUT2D eigenvalue weighted by molar-refractivity contribution is 7.19. The Balaban J connectivity index is 1.74. The lowest BCUT2D eigenvalue weighted by molar-refractivity contribution is -0.384. The summed E-state index contributed by atoms with van der Waals surface area (Å²) in [4.78, 5) is 55.2. The summed E-state index contributed by atoms with van der Waals surface area (Å²) in [7, 11) is 0. The zero-order valence-electron chi connectivity index (χ0n) is 20.5. The zero-order valence-corrected chi connectivity index (χ0v) is 21.3. The number of carboxylic acids is 1. The van der Waals surface area contributed by atoms with Gasteiger partial charge in [0, 0.05) is 35.7 Å². The van der Waals surface area contributed by atoms with E-state index in [-0.39, 0.29) is 29.3 Å². The molecule has 0 aliphatic carbocycles. The molecule has 192 valence electrons. The van der Waals surface area contributed by atoms with E-state index in [1.54, 1.807) is 23.5 Å². The average Bonchev–Trinajstić information content (AvgIpc) is 3.42. The summed E-state index contributed by atoms with van der Waals surface area (Å²) < 4.78 is 1.74.